The summed E-state index contributed by atoms with van der Waals surface area (Å²) in [6.07, 6.45) is 18.1. The number of benzene rings is 2. The Morgan fingerprint density at radius 1 is 0.549 bits per heavy atom. The molecule has 33 heteroatoms. The molecule has 14 heterocycles. The fourth-order valence-electron chi connectivity index (χ4n) is 20.3. The van der Waals surface area contributed by atoms with Crippen LogP contribution in [-0.4, -0.2) is 298 Å². The molecule has 2 aromatic carbocycles. The Balaban J connectivity index is 0.000000181. The number of methoxy groups -OCH3 is 2. The van der Waals surface area contributed by atoms with E-state index >= 15 is 0 Å². The summed E-state index contributed by atoms with van der Waals surface area (Å²) >= 11 is 0. The molecule has 6 N–H and O–H groups in total. The Morgan fingerprint density at radius 2 is 1.02 bits per heavy atom. The van der Waals surface area contributed by atoms with Crippen LogP contribution in [0.2, 0.25) is 18.1 Å². The van der Waals surface area contributed by atoms with E-state index in [0.29, 0.717) is 52.3 Å². The number of esters is 1. The van der Waals surface area contributed by atoms with Crippen molar-refractivity contribution >= 4 is 14.3 Å². The van der Waals surface area contributed by atoms with Gasteiger partial charge in [0.05, 0.1) is 140 Å². The van der Waals surface area contributed by atoms with Gasteiger partial charge in [-0.05, 0) is 144 Å². The summed E-state index contributed by atoms with van der Waals surface area (Å²) in [5.41, 5.74) is -0.428. The zero-order chi connectivity index (χ0) is 95.6. The van der Waals surface area contributed by atoms with Crippen molar-refractivity contribution in [2.45, 2.75) is 449 Å². The third-order valence-electron chi connectivity index (χ3n) is 28.6. The maximum atomic E-state index is 11.1. The molecule has 15 aliphatic rings. The molecule has 0 saturated carbocycles. The highest BCUT2D eigenvalue weighted by Gasteiger charge is 2.63. The Bertz CT molecular complexity index is 4170. The molecule has 14 saturated heterocycles. The zero-order valence-corrected chi connectivity index (χ0v) is 81.2. The van der Waals surface area contributed by atoms with Crippen LogP contribution in [0.25, 0.3) is 24.2 Å². The lowest BCUT2D eigenvalue weighted by Gasteiger charge is -2.45. The van der Waals surface area contributed by atoms with Gasteiger partial charge in [-0.25, -0.2) is 32.9 Å². The van der Waals surface area contributed by atoms with E-state index in [4.69, 9.17) is 143 Å². The number of carbonyl (C=O) groups is 1. The van der Waals surface area contributed by atoms with E-state index in [1.807, 2.05) is 109 Å². The second-order valence-corrected chi connectivity index (χ2v) is 45.3. The summed E-state index contributed by atoms with van der Waals surface area (Å²) in [6, 6.07) is 15.0. The molecule has 6 bridgehead atoms. The number of rotatable bonds is 24. The predicted molar refractivity (Wildman–Crippen MR) is 494 cm³/mol. The van der Waals surface area contributed by atoms with E-state index in [-0.39, 0.29) is 191 Å². The van der Waals surface area contributed by atoms with Crippen LogP contribution in [0, 0.1) is 32.9 Å². The molecular weight excluding hydrogens is 1730 g/mol. The molecule has 0 aromatic heterocycles. The number of aliphatic hydroxyl groups excluding tert-OH is 6. The highest BCUT2D eigenvalue weighted by molar-refractivity contribution is 6.74. The predicted octanol–water partition coefficient (Wildman–Crippen LogP) is 13.8. The molecule has 14 fully saturated rings. The maximum Gasteiger partial charge on any atom is 1.00 e. The lowest BCUT2D eigenvalue weighted by Crippen LogP contribution is -2.55. The quantitative estimate of drug-likeness (QED) is 0.0246. The van der Waals surface area contributed by atoms with Gasteiger partial charge < -0.3 is 149 Å². The maximum absolute atomic E-state index is 11.1. The number of nitrogens with zero attached hydrogens (tertiary/aromatic N) is 5. The second-order valence-electron chi connectivity index (χ2n) is 40.5. The summed E-state index contributed by atoms with van der Waals surface area (Å²) in [5, 5.41) is 55.4. The molecule has 1 aliphatic carbocycles. The standard InChI is InChI=1S/C23H41NO5Si.C21H27NO5.C16H21NO4.C14H23NO5.C13H19NO4.C8H10O2.C4H8O2.CH4/c1-16(24-7)12-17-10-11-20-23(28-17,15-26-30(8,9)21(2,3)4)13-18(27-20)19-14-25-22(5,6)29-19;1-14(22-2)10-17-8-9-19-21(27-17)11-18(26-19)20(25-13-21)24-12-15-4-6-16(23-3)7-5-15;1-10(17-3)8-12-4-5-15-16(21-12)7-6-13(19-11(2)18)14(9-16)20-15;1-9(15-2)5-10-3-4-13-14(8-17,20-10)6-12(19-13)11(18)7-16;1-8(14-2)5-9-3-4-11-13(18-9)6-10(17-11)12(15)16-7-13;1-10-8-4-2-7(6-9)3-5-8;5-4-2-1-3-6-4;/h16-20H,10-15H2,1-6,8-9H3;4-7,14,17-20H,8-13H2,1,3H3;6-7,10,12-15H,4-5,8-9H2,1-2H3;9-13,16-18H,3-8H2,1H3;8-12,15H,3-7H2,1H3;2-5,9H,6H2,1H3;4-5H,1-3H2;1H4/p+1/t16-,17-,18-,19?,20+,23-;14-,17-,18-,19+,20-,21-;10-,12-,13-,14-,15+,16+;9-,10-,11-,12-,13+,14-;8-,9-,10-,11+,12-,13-;;;/m11111.../s1. The minimum Gasteiger partial charge on any atom is -0.497 e. The van der Waals surface area contributed by atoms with Crippen LogP contribution in [0.1, 0.15) is 237 Å². The van der Waals surface area contributed by atoms with Gasteiger partial charge in [-0.15, -0.1) is 0 Å². The number of ether oxygens (including phenoxy) is 19. The van der Waals surface area contributed by atoms with Gasteiger partial charge in [0.25, 0.3) is 0 Å². The van der Waals surface area contributed by atoms with E-state index < -0.39 is 50.1 Å². The SMILES string of the molecule is C.COc1ccc(CO)cc1.OC1CCCO1.[C-]#[N+][C@H](C)C[C@H]1CC[C@@H]2O[C@@H](C3COC(C)(C)O3)C[C@]2(CO[Si](C)(C)C(C)(C)C)O1.[C-]#[N+][C@H](C)C[C@H]1CC[C@@H]2O[C@@H]([C@H](O)CO)C[C@]2(CO)O1.[C-]#[N+][C@H](C)C[C@H]1CC[C@@H]2O[C@@H]3C[C@]2(C=C[C@H]3OC(C)=O)O1.[C-]#[N+][C@H](C)C[C@H]1CC[C@@H]2O[C@@H]3C[C@]2(CO[C@H]3O)O1.[C-]#[N+][C@H](C)C[C@H]1CC[C@@H]2O[C@@H]3C[C@]2(CO[C@H]3OCc2ccc(OC)cc2)O1.[H+]. The largest absolute Gasteiger partial charge is 1.00 e. The first-order valence-electron chi connectivity index (χ1n) is 47.7. The van der Waals surface area contributed by atoms with E-state index in [1.165, 1.54) is 6.92 Å². The molecular formula is C100H154N5O27Si+. The Hall–Kier alpha value is -6.00. The Morgan fingerprint density at radius 3 is 1.49 bits per heavy atom. The van der Waals surface area contributed by atoms with Crippen LogP contribution in [0.4, 0.5) is 0 Å². The van der Waals surface area contributed by atoms with Crippen LogP contribution in [0.5, 0.6) is 11.5 Å². The third kappa shape index (κ3) is 28.4. The van der Waals surface area contributed by atoms with Gasteiger partial charge in [0.2, 0.25) is 30.2 Å². The molecule has 133 heavy (non-hydrogen) atoms. The molecule has 744 valence electrons. The Kier molecular flexibility index (Phi) is 39.9. The average Bonchev–Trinajstić information content (AvgIpc) is 1.55. The first-order chi connectivity index (χ1) is 62.8. The van der Waals surface area contributed by atoms with Crippen molar-refractivity contribution in [2.24, 2.45) is 0 Å². The van der Waals surface area contributed by atoms with Crippen molar-refractivity contribution in [3.05, 3.63) is 129 Å². The average molecular weight is 1890 g/mol. The lowest BCUT2D eigenvalue weighted by atomic mass is 9.82. The smallest absolute Gasteiger partial charge is 0.497 e. The first-order valence-corrected chi connectivity index (χ1v) is 50.7. The van der Waals surface area contributed by atoms with Crippen LogP contribution >= 0.6 is 0 Å². The van der Waals surface area contributed by atoms with Gasteiger partial charge in [0.15, 0.2) is 33.0 Å². The number of hydrogen-bond acceptors (Lipinski definition) is 27. The van der Waals surface area contributed by atoms with Gasteiger partial charge in [0.1, 0.15) is 76.1 Å². The first kappa shape index (κ1) is 109. The lowest BCUT2D eigenvalue weighted by molar-refractivity contribution is -0.242. The summed E-state index contributed by atoms with van der Waals surface area (Å²) in [4.78, 5) is 29.0. The molecule has 0 amide bonds. The minimum absolute atomic E-state index is 0. The molecule has 3 spiro atoms. The van der Waals surface area contributed by atoms with Crippen molar-refractivity contribution in [1.29, 1.82) is 0 Å². The van der Waals surface area contributed by atoms with Gasteiger partial charge in [-0.3, -0.25) is 4.79 Å². The van der Waals surface area contributed by atoms with Crippen molar-refractivity contribution < 1.29 is 131 Å². The molecule has 2 unspecified atom stereocenters. The minimum atomic E-state index is -1.93. The van der Waals surface area contributed by atoms with Crippen LogP contribution in [0.3, 0.4) is 0 Å². The van der Waals surface area contributed by atoms with E-state index in [1.54, 1.807) is 14.2 Å². The van der Waals surface area contributed by atoms with Crippen LogP contribution in [0.15, 0.2) is 60.7 Å². The van der Waals surface area contributed by atoms with Gasteiger partial charge in [-0.1, -0.05) is 58.5 Å². The molecule has 14 aliphatic heterocycles. The molecule has 32 nitrogen and oxygen atoms in total. The van der Waals surface area contributed by atoms with Crippen molar-refractivity contribution in [3.63, 3.8) is 0 Å². The second kappa shape index (κ2) is 48.7. The van der Waals surface area contributed by atoms with Gasteiger partial charge in [0, 0.05) is 119 Å². The zero-order valence-electron chi connectivity index (χ0n) is 81.2. The summed E-state index contributed by atoms with van der Waals surface area (Å²) in [7, 11) is 1.34. The monoisotopic (exact) mass is 1890 g/mol. The van der Waals surface area contributed by atoms with Crippen molar-refractivity contribution in [1.82, 2.24) is 0 Å². The van der Waals surface area contributed by atoms with Gasteiger partial charge in [-0.2, -0.15) is 0 Å². The van der Waals surface area contributed by atoms with E-state index in [0.717, 1.165) is 151 Å². The fourth-order valence-corrected chi connectivity index (χ4v) is 21.3. The normalized spacial score (nSPS) is 37.2. The van der Waals surface area contributed by atoms with Crippen molar-refractivity contribution in [3.8, 4) is 11.5 Å². The highest BCUT2D eigenvalue weighted by atomic mass is 28.4. The van der Waals surface area contributed by atoms with E-state index in [2.05, 4.69) is 58.1 Å². The molecule has 2 aromatic rings. The number of hydrogen-bond donors (Lipinski definition) is 6. The third-order valence-corrected chi connectivity index (χ3v) is 33.1. The highest BCUT2D eigenvalue weighted by Crippen LogP contribution is 2.53. The number of fused-ring (bicyclic) bond motifs is 5. The molecule has 17 rings (SSSR count). The van der Waals surface area contributed by atoms with Crippen LogP contribution in [-0.2, 0) is 103 Å². The molecule has 31 atom stereocenters. The fraction of sp³-hybridized carbons (Fsp3) is 0.800. The summed E-state index contributed by atoms with van der Waals surface area (Å²) < 4.78 is 118. The number of carbonyl (C=O) groups excluding carboxylic acids is 1. The van der Waals surface area contributed by atoms with Crippen molar-refractivity contribution in [2.75, 3.05) is 60.5 Å². The molecule has 0 radical (unpaired) electrons. The van der Waals surface area contributed by atoms with Crippen LogP contribution < -0.4 is 9.47 Å². The van der Waals surface area contributed by atoms with E-state index in [9.17, 15) is 20.1 Å². The van der Waals surface area contributed by atoms with Gasteiger partial charge >= 0.3 is 7.40 Å². The topological polar surface area (TPSA) is 345 Å². The number of aliphatic hydroxyl groups is 6. The Labute approximate surface area is 791 Å². The summed E-state index contributed by atoms with van der Waals surface area (Å²) in [5.74, 6) is 0.791. The summed E-state index contributed by atoms with van der Waals surface area (Å²) in [6.45, 7) is 64.7.